The van der Waals surface area contributed by atoms with Crippen LogP contribution >= 0.6 is 27.5 Å². The van der Waals surface area contributed by atoms with Gasteiger partial charge in [-0.25, -0.2) is 9.67 Å². The zero-order valence-electron chi connectivity index (χ0n) is 15.8. The van der Waals surface area contributed by atoms with Crippen molar-refractivity contribution in [3.05, 3.63) is 92.0 Å². The second-order valence-electron chi connectivity index (χ2n) is 6.68. The van der Waals surface area contributed by atoms with Gasteiger partial charge in [0.2, 0.25) is 0 Å². The largest absolute Gasteiger partial charge is 0.350 e. The van der Waals surface area contributed by atoms with E-state index in [1.165, 1.54) is 17.1 Å². The first-order valence-corrected chi connectivity index (χ1v) is 10.4. The Hall–Kier alpha value is -2.97. The van der Waals surface area contributed by atoms with Crippen molar-refractivity contribution in [2.24, 2.45) is 0 Å². The summed E-state index contributed by atoms with van der Waals surface area (Å²) in [7, 11) is 0. The predicted octanol–water partition coefficient (Wildman–Crippen LogP) is 3.49. The van der Waals surface area contributed by atoms with Gasteiger partial charge in [0.25, 0.3) is 11.5 Å². The third-order valence-electron chi connectivity index (χ3n) is 4.58. The Kier molecular flexibility index (Phi) is 5.96. The number of carbonyl (C=O) groups is 1. The smallest absolute Gasteiger partial charge is 0.264 e. The number of fused-ring (bicyclic) bond motifs is 1. The maximum Gasteiger partial charge on any atom is 0.264 e. The molecule has 0 atom stereocenters. The highest BCUT2D eigenvalue weighted by molar-refractivity contribution is 9.10. The monoisotopic (exact) mass is 485 g/mol. The molecule has 1 N–H and O–H groups in total. The number of hydrogen-bond donors (Lipinski definition) is 1. The molecule has 9 heteroatoms. The number of halogens is 2. The number of rotatable bonds is 6. The molecule has 0 aliphatic heterocycles. The minimum absolute atomic E-state index is 0.167. The van der Waals surface area contributed by atoms with Crippen molar-refractivity contribution in [3.63, 3.8) is 0 Å². The molecule has 152 valence electrons. The lowest BCUT2D eigenvalue weighted by Crippen LogP contribution is -2.27. The summed E-state index contributed by atoms with van der Waals surface area (Å²) in [6.45, 7) is 1.15. The minimum Gasteiger partial charge on any atom is -0.350 e. The number of amides is 1. The third-order valence-corrected chi connectivity index (χ3v) is 5.33. The molecule has 0 aliphatic carbocycles. The summed E-state index contributed by atoms with van der Waals surface area (Å²) in [6.07, 6.45) is 3.02. The van der Waals surface area contributed by atoms with Crippen LogP contribution in [0, 0.1) is 0 Å². The molecule has 0 spiro atoms. The van der Waals surface area contributed by atoms with Gasteiger partial charge in [-0.3, -0.25) is 14.2 Å². The molecule has 0 unspecified atom stereocenters. The van der Waals surface area contributed by atoms with Gasteiger partial charge in [-0.1, -0.05) is 45.7 Å². The average molecular weight is 487 g/mol. The normalized spacial score (nSPS) is 11.0. The van der Waals surface area contributed by atoms with E-state index in [0.29, 0.717) is 41.3 Å². The molecule has 4 aromatic rings. The molecular weight excluding hydrogens is 470 g/mol. The van der Waals surface area contributed by atoms with Gasteiger partial charge in [-0.05, 0) is 35.9 Å². The summed E-state index contributed by atoms with van der Waals surface area (Å²) in [5.41, 5.74) is 1.84. The summed E-state index contributed by atoms with van der Waals surface area (Å²) in [5.74, 6) is -0.175. The first-order valence-electron chi connectivity index (χ1n) is 9.20. The molecule has 30 heavy (non-hydrogen) atoms. The second-order valence-corrected chi connectivity index (χ2v) is 8.03. The van der Waals surface area contributed by atoms with Crippen LogP contribution in [-0.4, -0.2) is 31.8 Å². The highest BCUT2D eigenvalue weighted by Gasteiger charge is 2.11. The van der Waals surface area contributed by atoms with Gasteiger partial charge in [-0.2, -0.15) is 5.10 Å². The van der Waals surface area contributed by atoms with Crippen molar-refractivity contribution < 1.29 is 4.79 Å². The fourth-order valence-corrected chi connectivity index (χ4v) is 3.59. The molecule has 1 amide bonds. The van der Waals surface area contributed by atoms with Gasteiger partial charge in [0.1, 0.15) is 11.7 Å². The van der Waals surface area contributed by atoms with E-state index in [-0.39, 0.29) is 11.5 Å². The Labute approximate surface area is 185 Å². The van der Waals surface area contributed by atoms with Crippen LogP contribution in [0.2, 0.25) is 5.02 Å². The van der Waals surface area contributed by atoms with Crippen molar-refractivity contribution in [1.82, 2.24) is 24.6 Å². The molecule has 0 saturated heterocycles. The lowest BCUT2D eigenvalue weighted by molar-refractivity contribution is 0.0952. The molecule has 0 aliphatic rings. The Bertz CT molecular complexity index is 1270. The standard InChI is InChI=1S/C21H17BrClN5O2/c22-16-3-1-2-15(10-16)20(29)24-8-9-28-19-18(11-26-28)21(30)27(13-25-19)12-14-4-6-17(23)7-5-14/h1-7,10-11,13H,8-9,12H2,(H,24,29). The minimum atomic E-state index is -0.175. The maximum atomic E-state index is 12.8. The summed E-state index contributed by atoms with van der Waals surface area (Å²) in [6, 6.07) is 14.5. The fraction of sp³-hybridized carbons (Fsp3) is 0.143. The Morgan fingerprint density at radius 3 is 2.73 bits per heavy atom. The van der Waals surface area contributed by atoms with Gasteiger partial charge >= 0.3 is 0 Å². The summed E-state index contributed by atoms with van der Waals surface area (Å²) in [4.78, 5) is 29.4. The summed E-state index contributed by atoms with van der Waals surface area (Å²) in [5, 5.41) is 8.20. The highest BCUT2D eigenvalue weighted by Crippen LogP contribution is 2.12. The third kappa shape index (κ3) is 4.44. The quantitative estimate of drug-likeness (QED) is 0.452. The first kappa shape index (κ1) is 20.3. The van der Waals surface area contributed by atoms with Gasteiger partial charge in [0.15, 0.2) is 5.65 Å². The molecule has 0 bridgehead atoms. The van der Waals surface area contributed by atoms with Crippen LogP contribution in [0.15, 0.2) is 70.3 Å². The van der Waals surface area contributed by atoms with E-state index in [4.69, 9.17) is 11.6 Å². The van der Waals surface area contributed by atoms with Gasteiger partial charge in [-0.15, -0.1) is 0 Å². The van der Waals surface area contributed by atoms with E-state index in [1.54, 1.807) is 35.0 Å². The highest BCUT2D eigenvalue weighted by atomic mass is 79.9. The van der Waals surface area contributed by atoms with Crippen LogP contribution in [0.5, 0.6) is 0 Å². The van der Waals surface area contributed by atoms with E-state index in [2.05, 4.69) is 31.3 Å². The average Bonchev–Trinajstić information content (AvgIpc) is 3.15. The lowest BCUT2D eigenvalue weighted by Gasteiger charge is -2.08. The van der Waals surface area contributed by atoms with Crippen molar-refractivity contribution in [2.45, 2.75) is 13.1 Å². The number of aromatic nitrogens is 4. The lowest BCUT2D eigenvalue weighted by atomic mass is 10.2. The molecule has 2 heterocycles. The number of hydrogen-bond acceptors (Lipinski definition) is 4. The van der Waals surface area contributed by atoms with Gasteiger partial charge in [0, 0.05) is 21.6 Å². The van der Waals surface area contributed by atoms with Crippen molar-refractivity contribution >= 4 is 44.5 Å². The summed E-state index contributed by atoms with van der Waals surface area (Å²) >= 11 is 9.26. The molecule has 2 aromatic heterocycles. The van der Waals surface area contributed by atoms with E-state index in [1.807, 2.05) is 18.2 Å². The van der Waals surface area contributed by atoms with Crippen molar-refractivity contribution in [2.75, 3.05) is 6.54 Å². The Balaban J connectivity index is 1.45. The number of nitrogens with one attached hydrogen (secondary N) is 1. The van der Waals surface area contributed by atoms with E-state index >= 15 is 0 Å². The number of carbonyl (C=O) groups excluding carboxylic acids is 1. The van der Waals surface area contributed by atoms with Crippen molar-refractivity contribution in [3.8, 4) is 0 Å². The van der Waals surface area contributed by atoms with E-state index < -0.39 is 0 Å². The zero-order chi connectivity index (χ0) is 21.1. The summed E-state index contributed by atoms with van der Waals surface area (Å²) < 4.78 is 3.99. The molecule has 2 aromatic carbocycles. The van der Waals surface area contributed by atoms with Gasteiger partial charge in [0.05, 0.1) is 19.3 Å². The molecule has 0 saturated carbocycles. The topological polar surface area (TPSA) is 81.8 Å². The Morgan fingerprint density at radius 1 is 1.17 bits per heavy atom. The first-order chi connectivity index (χ1) is 14.5. The van der Waals surface area contributed by atoms with Crippen LogP contribution in [0.3, 0.4) is 0 Å². The van der Waals surface area contributed by atoms with Crippen LogP contribution in [-0.2, 0) is 13.1 Å². The Morgan fingerprint density at radius 2 is 1.97 bits per heavy atom. The van der Waals surface area contributed by atoms with Crippen molar-refractivity contribution in [1.29, 1.82) is 0 Å². The van der Waals surface area contributed by atoms with E-state index in [0.717, 1.165) is 10.0 Å². The maximum absolute atomic E-state index is 12.8. The van der Waals surface area contributed by atoms with Crippen LogP contribution in [0.1, 0.15) is 15.9 Å². The van der Waals surface area contributed by atoms with E-state index in [9.17, 15) is 9.59 Å². The number of benzene rings is 2. The predicted molar refractivity (Wildman–Crippen MR) is 119 cm³/mol. The molecule has 0 radical (unpaired) electrons. The molecule has 0 fully saturated rings. The molecule has 4 rings (SSSR count). The SMILES string of the molecule is O=C(NCCn1ncc2c(=O)n(Cc3ccc(Cl)cc3)cnc21)c1cccc(Br)c1. The zero-order valence-corrected chi connectivity index (χ0v) is 18.1. The molecule has 7 nitrogen and oxygen atoms in total. The van der Waals surface area contributed by atoms with Gasteiger partial charge < -0.3 is 5.32 Å². The van der Waals surface area contributed by atoms with Crippen LogP contribution in [0.25, 0.3) is 11.0 Å². The molecular formula is C21H17BrClN5O2. The van der Waals surface area contributed by atoms with Crippen LogP contribution < -0.4 is 10.9 Å². The number of nitrogens with zero attached hydrogens (tertiary/aromatic N) is 4. The van der Waals surface area contributed by atoms with Crippen LogP contribution in [0.4, 0.5) is 0 Å². The fourth-order valence-electron chi connectivity index (χ4n) is 3.07. The second kappa shape index (κ2) is 8.81.